The van der Waals surface area contributed by atoms with Crippen molar-refractivity contribution in [3.8, 4) is 0 Å². The van der Waals surface area contributed by atoms with Crippen LogP contribution in [0.5, 0.6) is 0 Å². The van der Waals surface area contributed by atoms with Crippen LogP contribution in [0.4, 0.5) is 0 Å². The lowest BCUT2D eigenvalue weighted by Crippen LogP contribution is -2.55. The fourth-order valence-corrected chi connectivity index (χ4v) is 3.80. The van der Waals surface area contributed by atoms with Gasteiger partial charge in [-0.15, -0.1) is 0 Å². The van der Waals surface area contributed by atoms with Crippen molar-refractivity contribution in [2.75, 3.05) is 13.1 Å². The first-order valence-corrected chi connectivity index (χ1v) is 8.46. The summed E-state index contributed by atoms with van der Waals surface area (Å²) in [5.41, 5.74) is 7.56. The summed E-state index contributed by atoms with van der Waals surface area (Å²) in [6.07, 6.45) is 6.97. The van der Waals surface area contributed by atoms with Gasteiger partial charge in [-0.3, -0.25) is 9.88 Å². The van der Waals surface area contributed by atoms with E-state index in [4.69, 9.17) is 5.73 Å². The summed E-state index contributed by atoms with van der Waals surface area (Å²) in [5.74, 6) is 1.67. The smallest absolute Gasteiger partial charge is 0.0544 e. The van der Waals surface area contributed by atoms with Crippen molar-refractivity contribution >= 4 is 0 Å². The molecule has 1 fully saturated rings. The van der Waals surface area contributed by atoms with E-state index in [2.05, 4.69) is 42.8 Å². The van der Waals surface area contributed by atoms with E-state index in [1.165, 1.54) is 25.7 Å². The molecular formula is C18H31N3. The monoisotopic (exact) mass is 289 g/mol. The number of rotatable bonds is 6. The molecule has 0 amide bonds. The Kier molecular flexibility index (Phi) is 5.77. The zero-order chi connectivity index (χ0) is 15.3. The molecule has 0 radical (unpaired) electrons. The van der Waals surface area contributed by atoms with Gasteiger partial charge in [0.1, 0.15) is 0 Å². The molecule has 1 aromatic heterocycles. The Morgan fingerprint density at radius 2 is 2.05 bits per heavy atom. The minimum absolute atomic E-state index is 0.178. The van der Waals surface area contributed by atoms with E-state index in [-0.39, 0.29) is 5.54 Å². The lowest BCUT2D eigenvalue weighted by molar-refractivity contribution is 0.0316. The minimum Gasteiger partial charge on any atom is -0.329 e. The molecule has 1 saturated carbocycles. The third kappa shape index (κ3) is 3.83. The molecule has 118 valence electrons. The number of pyridine rings is 1. The maximum atomic E-state index is 6.23. The molecule has 1 aliphatic carbocycles. The van der Waals surface area contributed by atoms with Crippen molar-refractivity contribution in [3.63, 3.8) is 0 Å². The molecule has 0 spiro atoms. The predicted molar refractivity (Wildman–Crippen MR) is 88.9 cm³/mol. The molecule has 3 nitrogen and oxygen atoms in total. The third-order valence-electron chi connectivity index (χ3n) is 5.42. The van der Waals surface area contributed by atoms with Crippen molar-refractivity contribution in [1.82, 2.24) is 9.88 Å². The average Bonchev–Trinajstić information content (AvgIpc) is 2.53. The summed E-state index contributed by atoms with van der Waals surface area (Å²) >= 11 is 0. The summed E-state index contributed by atoms with van der Waals surface area (Å²) in [4.78, 5) is 7.05. The van der Waals surface area contributed by atoms with Crippen LogP contribution in [0.1, 0.15) is 52.1 Å². The van der Waals surface area contributed by atoms with E-state index in [1.807, 2.05) is 12.3 Å². The normalized spacial score (nSPS) is 26.5. The van der Waals surface area contributed by atoms with Crippen LogP contribution < -0.4 is 5.73 Å². The van der Waals surface area contributed by atoms with Crippen molar-refractivity contribution < 1.29 is 0 Å². The van der Waals surface area contributed by atoms with Gasteiger partial charge >= 0.3 is 0 Å². The average molecular weight is 289 g/mol. The van der Waals surface area contributed by atoms with Crippen LogP contribution in [0, 0.1) is 11.8 Å². The topological polar surface area (TPSA) is 42.2 Å². The van der Waals surface area contributed by atoms with Crippen molar-refractivity contribution in [2.24, 2.45) is 17.6 Å². The van der Waals surface area contributed by atoms with Gasteiger partial charge in [-0.25, -0.2) is 0 Å². The Labute approximate surface area is 129 Å². The van der Waals surface area contributed by atoms with Gasteiger partial charge in [-0.2, -0.15) is 0 Å². The van der Waals surface area contributed by atoms with E-state index in [0.29, 0.717) is 0 Å². The number of likely N-dealkylation sites (N-methyl/N-ethyl adjacent to an activating group) is 1. The number of nitrogens with two attached hydrogens (primary N) is 1. The second kappa shape index (κ2) is 7.37. The first-order valence-electron chi connectivity index (χ1n) is 8.46. The summed E-state index contributed by atoms with van der Waals surface area (Å²) in [6.45, 7) is 9.67. The summed E-state index contributed by atoms with van der Waals surface area (Å²) < 4.78 is 0. The summed E-state index contributed by atoms with van der Waals surface area (Å²) in [6, 6.07) is 6.17. The quantitative estimate of drug-likeness (QED) is 0.872. The number of aromatic nitrogens is 1. The van der Waals surface area contributed by atoms with Gasteiger partial charge < -0.3 is 5.73 Å². The number of hydrogen-bond acceptors (Lipinski definition) is 3. The summed E-state index contributed by atoms with van der Waals surface area (Å²) in [5, 5.41) is 0. The van der Waals surface area contributed by atoms with Crippen molar-refractivity contribution in [2.45, 2.75) is 58.5 Å². The summed E-state index contributed by atoms with van der Waals surface area (Å²) in [7, 11) is 0. The Balaban J connectivity index is 2.07. The number of nitrogens with zero attached hydrogens (tertiary/aromatic N) is 2. The van der Waals surface area contributed by atoms with E-state index >= 15 is 0 Å². The van der Waals surface area contributed by atoms with Gasteiger partial charge in [-0.1, -0.05) is 26.8 Å². The van der Waals surface area contributed by atoms with E-state index in [9.17, 15) is 0 Å². The molecule has 0 saturated heterocycles. The highest BCUT2D eigenvalue weighted by molar-refractivity contribution is 5.06. The highest BCUT2D eigenvalue weighted by Crippen LogP contribution is 2.39. The fraction of sp³-hybridized carbons (Fsp3) is 0.722. The maximum absolute atomic E-state index is 6.23. The molecule has 2 rings (SSSR count). The van der Waals surface area contributed by atoms with Crippen LogP contribution in [-0.2, 0) is 6.54 Å². The molecule has 2 N–H and O–H groups in total. The molecule has 21 heavy (non-hydrogen) atoms. The molecule has 0 unspecified atom stereocenters. The van der Waals surface area contributed by atoms with E-state index < -0.39 is 0 Å². The zero-order valence-electron chi connectivity index (χ0n) is 13.9. The lowest BCUT2D eigenvalue weighted by Gasteiger charge is -2.48. The molecule has 1 heterocycles. The van der Waals surface area contributed by atoms with Gasteiger partial charge in [0, 0.05) is 24.8 Å². The van der Waals surface area contributed by atoms with Crippen LogP contribution in [0.2, 0.25) is 0 Å². The largest absolute Gasteiger partial charge is 0.329 e. The van der Waals surface area contributed by atoms with E-state index in [0.717, 1.165) is 37.2 Å². The third-order valence-corrected chi connectivity index (χ3v) is 5.42. The molecule has 0 bridgehead atoms. The molecule has 1 aliphatic rings. The molecular weight excluding hydrogens is 258 g/mol. The standard InChI is InChI=1S/C18H31N3/c1-4-21(13-17-7-5-6-12-20-17)18(14-19)10-8-16(9-11-18)15(2)3/h5-7,12,15-16H,4,8-11,13-14,19H2,1-3H3. The highest BCUT2D eigenvalue weighted by Gasteiger charge is 2.39. The molecule has 0 aliphatic heterocycles. The van der Waals surface area contributed by atoms with Crippen LogP contribution in [-0.4, -0.2) is 28.5 Å². The minimum atomic E-state index is 0.178. The lowest BCUT2D eigenvalue weighted by atomic mass is 9.72. The van der Waals surface area contributed by atoms with Gasteiger partial charge in [0.15, 0.2) is 0 Å². The Hall–Kier alpha value is -0.930. The molecule has 3 heteroatoms. The van der Waals surface area contributed by atoms with Crippen LogP contribution in [0.15, 0.2) is 24.4 Å². The van der Waals surface area contributed by atoms with Gasteiger partial charge in [0.25, 0.3) is 0 Å². The van der Waals surface area contributed by atoms with Crippen molar-refractivity contribution in [1.29, 1.82) is 0 Å². The Morgan fingerprint density at radius 3 is 2.52 bits per heavy atom. The van der Waals surface area contributed by atoms with Gasteiger partial charge in [0.2, 0.25) is 0 Å². The number of hydrogen-bond donors (Lipinski definition) is 1. The van der Waals surface area contributed by atoms with E-state index in [1.54, 1.807) is 0 Å². The first-order chi connectivity index (χ1) is 10.1. The second-order valence-corrected chi connectivity index (χ2v) is 6.85. The van der Waals surface area contributed by atoms with Crippen molar-refractivity contribution in [3.05, 3.63) is 30.1 Å². The Morgan fingerprint density at radius 1 is 1.33 bits per heavy atom. The Bertz CT molecular complexity index is 408. The van der Waals surface area contributed by atoms with Crippen LogP contribution >= 0.6 is 0 Å². The fourth-order valence-electron chi connectivity index (χ4n) is 3.80. The van der Waals surface area contributed by atoms with Crippen LogP contribution in [0.3, 0.4) is 0 Å². The van der Waals surface area contributed by atoms with Gasteiger partial charge in [-0.05, 0) is 56.2 Å². The van der Waals surface area contributed by atoms with Crippen LogP contribution in [0.25, 0.3) is 0 Å². The van der Waals surface area contributed by atoms with Gasteiger partial charge in [0.05, 0.1) is 5.69 Å². The second-order valence-electron chi connectivity index (χ2n) is 6.85. The zero-order valence-corrected chi connectivity index (χ0v) is 13.9. The predicted octanol–water partition coefficient (Wildman–Crippen LogP) is 3.45. The molecule has 0 atom stereocenters. The first kappa shape index (κ1) is 16.4. The maximum Gasteiger partial charge on any atom is 0.0544 e. The molecule has 1 aromatic rings. The SMILES string of the molecule is CCN(Cc1ccccn1)C1(CN)CCC(C(C)C)CC1. The molecule has 0 aromatic carbocycles. The highest BCUT2D eigenvalue weighted by atomic mass is 15.2.